The van der Waals surface area contributed by atoms with Gasteiger partial charge in [0.05, 0.1) is 0 Å². The van der Waals surface area contributed by atoms with Gasteiger partial charge in [-0.3, -0.25) is 0 Å². The van der Waals surface area contributed by atoms with Crippen molar-refractivity contribution < 1.29 is 14.3 Å². The number of nitrogens with one attached hydrogen (secondary N) is 2. The second-order valence-electron chi connectivity index (χ2n) is 6.34. The summed E-state index contributed by atoms with van der Waals surface area (Å²) in [5.41, 5.74) is 2.03. The van der Waals surface area contributed by atoms with E-state index in [0.29, 0.717) is 0 Å². The van der Waals surface area contributed by atoms with E-state index in [-0.39, 0.29) is 10.7 Å². The van der Waals surface area contributed by atoms with Gasteiger partial charge in [0.25, 0.3) is 0 Å². The molecule has 0 aliphatic carbocycles. The number of carbonyl (C=O) groups is 2. The van der Waals surface area contributed by atoms with Gasteiger partial charge < -0.3 is 0 Å². The van der Waals surface area contributed by atoms with E-state index in [1.807, 2.05) is 54.6 Å². The van der Waals surface area contributed by atoms with Crippen LogP contribution in [0.25, 0.3) is 6.08 Å². The molecular weight excluding hydrogens is 502 g/mol. The third-order valence-corrected chi connectivity index (χ3v) is 7.60. The maximum atomic E-state index is 12.1. The fourth-order valence-electron chi connectivity index (χ4n) is 3.23. The molecule has 1 aromatic heterocycles. The second kappa shape index (κ2) is 7.16. The van der Waals surface area contributed by atoms with E-state index in [1.54, 1.807) is 6.08 Å². The van der Waals surface area contributed by atoms with Crippen molar-refractivity contribution >= 4 is 70.7 Å². The number of thiocarbonyl (C=S) groups is 1. The van der Waals surface area contributed by atoms with Crippen LogP contribution in [0.15, 0.2) is 66.2 Å². The molecule has 0 spiro atoms. The summed E-state index contributed by atoms with van der Waals surface area (Å²) in [6, 6.07) is 19.8. The van der Waals surface area contributed by atoms with Gasteiger partial charge in [-0.2, -0.15) is 0 Å². The zero-order chi connectivity index (χ0) is 20.0. The van der Waals surface area contributed by atoms with E-state index in [2.05, 4.69) is 21.6 Å². The molecule has 0 unspecified atom stereocenters. The van der Waals surface area contributed by atoms with Crippen LogP contribution in [0.2, 0.25) is 0 Å². The van der Waals surface area contributed by atoms with Gasteiger partial charge in [-0.15, -0.1) is 0 Å². The molecule has 2 amide bonds. The van der Waals surface area contributed by atoms with Gasteiger partial charge >= 0.3 is 182 Å². The first-order valence-electron chi connectivity index (χ1n) is 8.74. The van der Waals surface area contributed by atoms with Crippen LogP contribution < -0.4 is 20.3 Å². The van der Waals surface area contributed by atoms with Crippen molar-refractivity contribution in [3.63, 3.8) is 0 Å². The molecule has 29 heavy (non-hydrogen) atoms. The molecule has 2 N–H and O–H groups in total. The molecule has 1 fully saturated rings. The number of hydrogen-bond acceptors (Lipinski definition) is 5. The molecule has 5 rings (SSSR count). The quantitative estimate of drug-likeness (QED) is 0.186. The van der Waals surface area contributed by atoms with Crippen LogP contribution in [0, 0.1) is 0 Å². The van der Waals surface area contributed by atoms with Crippen LogP contribution in [-0.2, 0) is 9.59 Å². The van der Waals surface area contributed by atoms with Crippen molar-refractivity contribution in [1.29, 1.82) is 0 Å². The zero-order valence-electron chi connectivity index (χ0n) is 14.8. The average Bonchev–Trinajstić information content (AvgIpc) is 3.17. The minimum atomic E-state index is -0.837. The molecule has 2 aliphatic rings. The number of rotatable bonds is 2. The van der Waals surface area contributed by atoms with Gasteiger partial charge in [-0.1, -0.05) is 0 Å². The van der Waals surface area contributed by atoms with E-state index in [0.717, 1.165) is 30.2 Å². The van der Waals surface area contributed by atoms with Crippen molar-refractivity contribution in [2.75, 3.05) is 4.90 Å². The monoisotopic (exact) mass is 517 g/mol. The van der Waals surface area contributed by atoms with E-state index in [1.165, 1.54) is 0 Å². The normalized spacial score (nSPS) is 15.1. The second-order valence-corrected chi connectivity index (χ2v) is 9.87. The molecule has 142 valence electrons. The predicted octanol–water partition coefficient (Wildman–Crippen LogP) is 3.23. The van der Waals surface area contributed by atoms with Gasteiger partial charge in [-0.05, 0) is 0 Å². The molecule has 3 aromatic rings. The Morgan fingerprint density at radius 2 is 1.45 bits per heavy atom. The van der Waals surface area contributed by atoms with Gasteiger partial charge in [0.15, 0.2) is 0 Å². The summed E-state index contributed by atoms with van der Waals surface area (Å²) in [6.45, 7) is 0. The molecule has 0 atom stereocenters. The third-order valence-electron chi connectivity index (χ3n) is 4.50. The first-order valence-corrected chi connectivity index (χ1v) is 11.5. The molecule has 0 saturated carbocycles. The van der Waals surface area contributed by atoms with Crippen LogP contribution in [0.4, 0.5) is 15.1 Å². The van der Waals surface area contributed by atoms with Crippen molar-refractivity contribution in [2.45, 2.75) is 0 Å². The first kappa shape index (κ1) is 18.1. The molecular formula is C21H13N3O3STe. The molecule has 0 bridgehead atoms. The number of ether oxygens (including phenoxy) is 1. The van der Waals surface area contributed by atoms with Gasteiger partial charge in [-0.25, -0.2) is 0 Å². The Morgan fingerprint density at radius 1 is 0.862 bits per heavy atom. The van der Waals surface area contributed by atoms with Crippen molar-refractivity contribution in [2.24, 2.45) is 0 Å². The van der Waals surface area contributed by atoms with E-state index < -0.39 is 32.2 Å². The summed E-state index contributed by atoms with van der Waals surface area (Å²) >= 11 is 4.01. The third kappa shape index (κ3) is 3.25. The minimum absolute atomic E-state index is 0.0364. The Bertz CT molecular complexity index is 1150. The Labute approximate surface area is 181 Å². The van der Waals surface area contributed by atoms with E-state index in [4.69, 9.17) is 17.0 Å². The van der Waals surface area contributed by atoms with Gasteiger partial charge in [0, 0.05) is 0 Å². The molecule has 8 heteroatoms. The number of amides is 2. The van der Waals surface area contributed by atoms with Crippen LogP contribution in [0.5, 0.6) is 11.5 Å². The van der Waals surface area contributed by atoms with Crippen molar-refractivity contribution in [3.05, 3.63) is 69.8 Å². The molecule has 2 aliphatic heterocycles. The Hall–Kier alpha value is -2.92. The van der Waals surface area contributed by atoms with Gasteiger partial charge in [0.2, 0.25) is 0 Å². The summed E-state index contributed by atoms with van der Waals surface area (Å²) in [6.07, 6.45) is 1.66. The number of carbonyl (C=O) groups excluding carboxylic acids is 2. The summed E-state index contributed by atoms with van der Waals surface area (Å²) in [4.78, 5) is 26.5. The summed E-state index contributed by atoms with van der Waals surface area (Å²) in [7, 11) is 0. The van der Waals surface area contributed by atoms with Crippen LogP contribution in [0.1, 0.15) is 3.58 Å². The molecule has 6 nitrogen and oxygen atoms in total. The fourth-order valence-corrected chi connectivity index (χ4v) is 6.21. The predicted molar refractivity (Wildman–Crippen MR) is 115 cm³/mol. The maximum absolute atomic E-state index is 12.1. The fraction of sp³-hybridized carbons (Fsp3) is 0. The summed E-state index contributed by atoms with van der Waals surface area (Å²) < 4.78 is 8.19. The number of nitrogens with zero attached hydrogens (tertiary/aromatic N) is 1. The summed E-state index contributed by atoms with van der Waals surface area (Å²) in [5, 5.41) is 4.98. The Morgan fingerprint density at radius 3 is 2.07 bits per heavy atom. The van der Waals surface area contributed by atoms with Crippen molar-refractivity contribution in [1.82, 2.24) is 10.6 Å². The van der Waals surface area contributed by atoms with Crippen molar-refractivity contribution in [3.8, 4) is 11.5 Å². The molecule has 3 heterocycles. The van der Waals surface area contributed by atoms with Crippen LogP contribution in [0.3, 0.4) is 0 Å². The number of benzene rings is 2. The topological polar surface area (TPSA) is 70.7 Å². The number of hydrogen-bond donors (Lipinski definition) is 2. The van der Waals surface area contributed by atoms with E-state index in [9.17, 15) is 9.59 Å². The Kier molecular flexibility index (Phi) is 4.47. The Balaban J connectivity index is 1.56. The van der Waals surface area contributed by atoms with Gasteiger partial charge in [0.1, 0.15) is 0 Å². The average molecular weight is 515 g/mol. The molecule has 2 aromatic carbocycles. The first-order chi connectivity index (χ1) is 14.1. The van der Waals surface area contributed by atoms with Crippen LogP contribution >= 0.6 is 12.2 Å². The standard InChI is InChI=1S/C21H13N3O3STe/c25-19-13(20(26)23-21(28)22-19)11-12-9-10-18(29-12)24-14-5-1-3-7-16(14)27-17-8-4-2-6-15(17)24/h1-11H,(H2,22,23,25,26,28). The number of anilines is 3. The summed E-state index contributed by atoms with van der Waals surface area (Å²) in [5.74, 6) is 0.655. The molecule has 0 radical (unpaired) electrons. The van der Waals surface area contributed by atoms with Crippen LogP contribution in [-0.4, -0.2) is 37.4 Å². The number of fused-ring (bicyclic) bond motifs is 2. The molecule has 1 saturated heterocycles. The SMILES string of the molecule is O=C1NC(=S)NC(=O)C1=Cc1ccc(N2c3ccccc3Oc3ccccc32)[te]1. The zero-order valence-corrected chi connectivity index (χ0v) is 18.0. The number of para-hydroxylation sites is 4. The van der Waals surface area contributed by atoms with E-state index >= 15 is 0 Å².